The zero-order valence-electron chi connectivity index (χ0n) is 31.0. The maximum absolute atomic E-state index is 14.4. The second-order valence-corrected chi connectivity index (χ2v) is 14.1. The molecular formula is C38H60N2O9. The van der Waals surface area contributed by atoms with Crippen LogP contribution in [0, 0.1) is 17.8 Å². The fourth-order valence-electron chi connectivity index (χ4n) is 7.00. The fourth-order valence-corrected chi connectivity index (χ4v) is 7.00. The second-order valence-electron chi connectivity index (χ2n) is 14.1. The first-order chi connectivity index (χ1) is 23.4. The summed E-state index contributed by atoms with van der Waals surface area (Å²) in [6.07, 6.45) is 1.39. The number of ether oxygens (including phenoxy) is 4. The molecule has 0 aliphatic carbocycles. The molecule has 0 radical (unpaired) electrons. The van der Waals surface area contributed by atoms with Gasteiger partial charge in [-0.1, -0.05) is 71.4 Å². The molecule has 7 atom stereocenters. The molecule has 0 amide bonds. The number of piperidine rings is 1. The van der Waals surface area contributed by atoms with Crippen LogP contribution in [0.15, 0.2) is 30.3 Å². The van der Waals surface area contributed by atoms with Gasteiger partial charge < -0.3 is 18.9 Å². The molecule has 0 spiro atoms. The molecule has 0 aromatic heterocycles. The number of morpholine rings is 1. The molecule has 11 heteroatoms. The van der Waals surface area contributed by atoms with E-state index in [1.165, 1.54) is 7.11 Å². The first-order valence-electron chi connectivity index (χ1n) is 18.1. The molecule has 11 nitrogen and oxygen atoms in total. The Bertz CT molecular complexity index is 1220. The van der Waals surface area contributed by atoms with E-state index in [1.54, 1.807) is 5.06 Å². The van der Waals surface area contributed by atoms with Crippen molar-refractivity contribution in [3.05, 3.63) is 35.9 Å². The molecule has 276 valence electrons. The van der Waals surface area contributed by atoms with Crippen molar-refractivity contribution >= 4 is 23.7 Å². The standard InChI is InChI=1S/C38H60N2O9/c1-9-12-21-47-34(42)30(25-27(4)29-16-14-13-15-17-29)32(35(43)45-8)33(36(44)48-24-20-39-18-22-46-23-19-39)49-40-37(6,10-2)26-31(41)28(5)38(40,7)11-3/h13-17,27-28,30,32-33H,9-12,18-26H2,1-8H3. The highest BCUT2D eigenvalue weighted by Gasteiger charge is 2.57. The number of carbonyl (C=O) groups is 4. The summed E-state index contributed by atoms with van der Waals surface area (Å²) in [4.78, 5) is 64.7. The number of ketones is 1. The van der Waals surface area contributed by atoms with E-state index in [4.69, 9.17) is 23.8 Å². The fraction of sp³-hybridized carbons (Fsp3) is 0.737. The van der Waals surface area contributed by atoms with Crippen LogP contribution < -0.4 is 0 Å². The van der Waals surface area contributed by atoms with Gasteiger partial charge in [-0.05, 0) is 51.0 Å². The summed E-state index contributed by atoms with van der Waals surface area (Å²) in [7, 11) is 1.24. The third-order valence-electron chi connectivity index (χ3n) is 10.9. The predicted molar refractivity (Wildman–Crippen MR) is 185 cm³/mol. The minimum Gasteiger partial charge on any atom is -0.469 e. The number of hydroxylamine groups is 2. The number of esters is 3. The maximum Gasteiger partial charge on any atom is 0.338 e. The van der Waals surface area contributed by atoms with Crippen LogP contribution in [0.3, 0.4) is 0 Å². The van der Waals surface area contributed by atoms with Gasteiger partial charge in [0, 0.05) is 32.0 Å². The second kappa shape index (κ2) is 18.9. The number of hydrogen-bond donors (Lipinski definition) is 0. The number of unbranched alkanes of at least 4 members (excludes halogenated alkanes) is 1. The van der Waals surface area contributed by atoms with Crippen LogP contribution in [0.5, 0.6) is 0 Å². The lowest BCUT2D eigenvalue weighted by Gasteiger charge is -2.56. The average Bonchev–Trinajstić information content (AvgIpc) is 3.11. The summed E-state index contributed by atoms with van der Waals surface area (Å²) in [6.45, 7) is 17.0. The molecule has 3 rings (SSSR count). The molecule has 2 aliphatic rings. The lowest BCUT2D eigenvalue weighted by molar-refractivity contribution is -0.321. The largest absolute Gasteiger partial charge is 0.469 e. The summed E-state index contributed by atoms with van der Waals surface area (Å²) in [5, 5.41) is 1.76. The monoisotopic (exact) mass is 688 g/mol. The van der Waals surface area contributed by atoms with Crippen molar-refractivity contribution in [2.45, 2.75) is 110 Å². The molecule has 0 saturated carbocycles. The third-order valence-corrected chi connectivity index (χ3v) is 10.9. The number of methoxy groups -OCH3 is 1. The average molecular weight is 689 g/mol. The molecule has 1 aromatic carbocycles. The van der Waals surface area contributed by atoms with E-state index >= 15 is 0 Å². The minimum absolute atomic E-state index is 0.0591. The van der Waals surface area contributed by atoms with Crippen LogP contribution in [-0.4, -0.2) is 104 Å². The van der Waals surface area contributed by atoms with Crippen LogP contribution in [0.2, 0.25) is 0 Å². The summed E-state index contributed by atoms with van der Waals surface area (Å²) in [6, 6.07) is 9.70. The molecule has 7 unspecified atom stereocenters. The Morgan fingerprint density at radius 3 is 2.20 bits per heavy atom. The van der Waals surface area contributed by atoms with Crippen LogP contribution >= 0.6 is 0 Å². The molecular weight excluding hydrogens is 628 g/mol. The minimum atomic E-state index is -1.55. The Hall–Kier alpha value is -2.86. The number of Topliss-reactive ketones (excluding diaryl/α,β-unsaturated/α-hetero) is 1. The van der Waals surface area contributed by atoms with Crippen LogP contribution in [0.1, 0.15) is 98.5 Å². The van der Waals surface area contributed by atoms with E-state index in [2.05, 4.69) is 4.90 Å². The molecule has 2 heterocycles. The van der Waals surface area contributed by atoms with Crippen molar-refractivity contribution in [1.82, 2.24) is 9.96 Å². The first kappa shape index (κ1) is 40.6. The zero-order chi connectivity index (χ0) is 36.2. The third kappa shape index (κ3) is 10.1. The van der Waals surface area contributed by atoms with Gasteiger partial charge in [-0.2, -0.15) is 5.06 Å². The van der Waals surface area contributed by atoms with Gasteiger partial charge in [0.2, 0.25) is 0 Å². The molecule has 2 saturated heterocycles. The van der Waals surface area contributed by atoms with Crippen molar-refractivity contribution < 1.29 is 43.0 Å². The lowest BCUT2D eigenvalue weighted by atomic mass is 9.70. The number of carbonyl (C=O) groups excluding carboxylic acids is 4. The molecule has 49 heavy (non-hydrogen) atoms. The Morgan fingerprint density at radius 1 is 0.959 bits per heavy atom. The van der Waals surface area contributed by atoms with E-state index in [0.29, 0.717) is 52.1 Å². The topological polar surface area (TPSA) is 121 Å². The van der Waals surface area contributed by atoms with Crippen molar-refractivity contribution in [3.8, 4) is 0 Å². The van der Waals surface area contributed by atoms with Gasteiger partial charge in [0.1, 0.15) is 18.3 Å². The molecule has 0 N–H and O–H groups in total. The van der Waals surface area contributed by atoms with Gasteiger partial charge in [-0.3, -0.25) is 24.1 Å². The SMILES string of the molecule is CCCCOC(=O)C(CC(C)c1ccccc1)C(C(=O)OC)C(ON1C(C)(CC)CC(=O)C(C)C1(C)CC)C(=O)OCCN1CCOCC1. The molecule has 0 bridgehead atoms. The molecule has 2 fully saturated rings. The van der Waals surface area contributed by atoms with Gasteiger partial charge in [-0.15, -0.1) is 0 Å². The zero-order valence-corrected chi connectivity index (χ0v) is 31.0. The van der Waals surface area contributed by atoms with Crippen LogP contribution in [0.25, 0.3) is 0 Å². The summed E-state index contributed by atoms with van der Waals surface area (Å²) in [5.74, 6) is -5.12. The smallest absolute Gasteiger partial charge is 0.338 e. The lowest BCUT2D eigenvalue weighted by Crippen LogP contribution is -2.68. The number of benzene rings is 1. The highest BCUT2D eigenvalue weighted by molar-refractivity contribution is 5.89. The summed E-state index contributed by atoms with van der Waals surface area (Å²) in [5.41, 5.74) is -0.638. The Kier molecular flexibility index (Phi) is 15.7. The summed E-state index contributed by atoms with van der Waals surface area (Å²) < 4.78 is 22.4. The van der Waals surface area contributed by atoms with E-state index in [-0.39, 0.29) is 37.8 Å². The maximum atomic E-state index is 14.4. The van der Waals surface area contributed by atoms with E-state index < -0.39 is 52.8 Å². The van der Waals surface area contributed by atoms with E-state index in [9.17, 15) is 19.2 Å². The summed E-state index contributed by atoms with van der Waals surface area (Å²) >= 11 is 0. The van der Waals surface area contributed by atoms with Crippen molar-refractivity contribution in [2.75, 3.05) is 53.2 Å². The Balaban J connectivity index is 2.11. The Morgan fingerprint density at radius 2 is 1.61 bits per heavy atom. The molecule has 2 aliphatic heterocycles. The van der Waals surface area contributed by atoms with Gasteiger partial charge in [-0.25, -0.2) is 4.79 Å². The first-order valence-corrected chi connectivity index (χ1v) is 18.1. The van der Waals surface area contributed by atoms with Gasteiger partial charge in [0.15, 0.2) is 6.10 Å². The van der Waals surface area contributed by atoms with E-state index in [1.807, 2.05) is 78.8 Å². The Labute approximate surface area is 293 Å². The van der Waals surface area contributed by atoms with Crippen LogP contribution in [-0.2, 0) is 43.0 Å². The van der Waals surface area contributed by atoms with Gasteiger partial charge >= 0.3 is 17.9 Å². The predicted octanol–water partition coefficient (Wildman–Crippen LogP) is 5.35. The number of rotatable bonds is 18. The highest BCUT2D eigenvalue weighted by Crippen LogP contribution is 2.45. The van der Waals surface area contributed by atoms with Crippen molar-refractivity contribution in [3.63, 3.8) is 0 Å². The van der Waals surface area contributed by atoms with Crippen LogP contribution in [0.4, 0.5) is 0 Å². The van der Waals surface area contributed by atoms with Gasteiger partial charge in [0.25, 0.3) is 0 Å². The van der Waals surface area contributed by atoms with E-state index in [0.717, 1.165) is 12.0 Å². The quantitative estimate of drug-likeness (QED) is 0.113. The highest BCUT2D eigenvalue weighted by atomic mass is 16.7. The van der Waals surface area contributed by atoms with Crippen molar-refractivity contribution in [2.24, 2.45) is 17.8 Å². The number of nitrogens with zero attached hydrogens (tertiary/aromatic N) is 2. The van der Waals surface area contributed by atoms with Gasteiger partial charge in [0.05, 0.1) is 43.9 Å². The number of hydrogen-bond acceptors (Lipinski definition) is 11. The van der Waals surface area contributed by atoms with Crippen molar-refractivity contribution in [1.29, 1.82) is 0 Å². The normalized spacial score (nSPS) is 26.0. The molecule has 1 aromatic rings.